The van der Waals surface area contributed by atoms with Gasteiger partial charge in [0.1, 0.15) is 0 Å². The molecule has 0 aliphatic heterocycles. The van der Waals surface area contributed by atoms with E-state index >= 15 is 0 Å². The lowest BCUT2D eigenvalue weighted by Crippen LogP contribution is -2.08. The highest BCUT2D eigenvalue weighted by Gasteiger charge is 2.01. The molecule has 0 atom stereocenters. The molecule has 0 heterocycles. The van der Waals surface area contributed by atoms with Crippen molar-refractivity contribution in [3.63, 3.8) is 0 Å². The van der Waals surface area contributed by atoms with E-state index < -0.39 is 6.09 Å². The molecule has 0 radical (unpaired) electrons. The number of halogens is 1. The number of benzene rings is 1. The van der Waals surface area contributed by atoms with Crippen molar-refractivity contribution in [3.05, 3.63) is 28.8 Å². The molecule has 0 aliphatic carbocycles. The Bertz CT molecular complexity index is 312. The highest BCUT2D eigenvalue weighted by molar-refractivity contribution is 6.30. The summed E-state index contributed by atoms with van der Waals surface area (Å²) in [5.74, 6) is 0. The molecule has 0 aromatic heterocycles. The number of carbonyl (C=O) groups is 1. The summed E-state index contributed by atoms with van der Waals surface area (Å²) in [5, 5.41) is 11.3. The smallest absolute Gasteiger partial charge is 0.409 e. The standard InChI is InChI=1S/C8H8ClNO2/c1-5-4-6(9)2-3-7(5)10-8(11)12/h2-4,10H,1H3,(H,11,12). The zero-order valence-electron chi connectivity index (χ0n) is 6.47. The second kappa shape index (κ2) is 3.45. The third-order valence-electron chi connectivity index (χ3n) is 1.43. The number of aryl methyl sites for hydroxylation is 1. The van der Waals surface area contributed by atoms with Gasteiger partial charge in [-0.1, -0.05) is 11.6 Å². The van der Waals surface area contributed by atoms with Crippen LogP contribution in [-0.4, -0.2) is 11.2 Å². The monoisotopic (exact) mass is 185 g/mol. The molecule has 3 nitrogen and oxygen atoms in total. The highest BCUT2D eigenvalue weighted by Crippen LogP contribution is 2.19. The van der Waals surface area contributed by atoms with E-state index in [-0.39, 0.29) is 0 Å². The Morgan fingerprint density at radius 1 is 1.58 bits per heavy atom. The SMILES string of the molecule is Cc1cc(Cl)ccc1NC(=O)O. The Labute approximate surface area is 75.0 Å². The molecule has 12 heavy (non-hydrogen) atoms. The molecule has 0 bridgehead atoms. The zero-order chi connectivity index (χ0) is 9.14. The predicted octanol–water partition coefficient (Wildman–Crippen LogP) is 2.74. The summed E-state index contributed by atoms with van der Waals surface area (Å²) in [6, 6.07) is 4.97. The van der Waals surface area contributed by atoms with Gasteiger partial charge in [0.15, 0.2) is 0 Å². The second-order valence-corrected chi connectivity index (χ2v) is 2.83. The van der Waals surface area contributed by atoms with E-state index in [1.54, 1.807) is 25.1 Å². The van der Waals surface area contributed by atoms with Crippen molar-refractivity contribution in [1.82, 2.24) is 0 Å². The summed E-state index contributed by atoms with van der Waals surface area (Å²) in [4.78, 5) is 10.3. The Balaban J connectivity index is 2.93. The van der Waals surface area contributed by atoms with Gasteiger partial charge >= 0.3 is 6.09 Å². The fourth-order valence-electron chi connectivity index (χ4n) is 0.883. The zero-order valence-corrected chi connectivity index (χ0v) is 7.22. The summed E-state index contributed by atoms with van der Waals surface area (Å²) in [5.41, 5.74) is 1.37. The van der Waals surface area contributed by atoms with Crippen LogP contribution < -0.4 is 5.32 Å². The van der Waals surface area contributed by atoms with Gasteiger partial charge in [0.05, 0.1) is 0 Å². The Hall–Kier alpha value is -1.22. The molecule has 2 N–H and O–H groups in total. The normalized spacial score (nSPS) is 9.50. The van der Waals surface area contributed by atoms with Gasteiger partial charge in [-0.25, -0.2) is 4.79 Å². The van der Waals surface area contributed by atoms with Crippen LogP contribution in [0.3, 0.4) is 0 Å². The molecule has 1 aromatic carbocycles. The quantitative estimate of drug-likeness (QED) is 0.707. The third kappa shape index (κ3) is 2.13. The summed E-state index contributed by atoms with van der Waals surface area (Å²) in [7, 11) is 0. The van der Waals surface area contributed by atoms with Gasteiger partial charge in [0.25, 0.3) is 0 Å². The lowest BCUT2D eigenvalue weighted by molar-refractivity contribution is 0.209. The van der Waals surface area contributed by atoms with Crippen LogP contribution in [0.2, 0.25) is 5.02 Å². The number of hydrogen-bond donors (Lipinski definition) is 2. The number of rotatable bonds is 1. The van der Waals surface area contributed by atoms with Crippen LogP contribution in [0.15, 0.2) is 18.2 Å². The highest BCUT2D eigenvalue weighted by atomic mass is 35.5. The van der Waals surface area contributed by atoms with Gasteiger partial charge in [-0.15, -0.1) is 0 Å². The van der Waals surface area contributed by atoms with Gasteiger partial charge in [-0.3, -0.25) is 5.32 Å². The second-order valence-electron chi connectivity index (χ2n) is 2.39. The molecule has 0 spiro atoms. The maximum Gasteiger partial charge on any atom is 0.409 e. The van der Waals surface area contributed by atoms with Crippen molar-refractivity contribution in [3.8, 4) is 0 Å². The van der Waals surface area contributed by atoms with Crippen LogP contribution >= 0.6 is 11.6 Å². The lowest BCUT2D eigenvalue weighted by Gasteiger charge is -2.04. The van der Waals surface area contributed by atoms with Gasteiger partial charge in [-0.05, 0) is 30.7 Å². The van der Waals surface area contributed by atoms with E-state index in [1.807, 2.05) is 0 Å². The fraction of sp³-hybridized carbons (Fsp3) is 0.125. The molecular formula is C8H8ClNO2. The van der Waals surface area contributed by atoms with Crippen molar-refractivity contribution >= 4 is 23.4 Å². The lowest BCUT2D eigenvalue weighted by atomic mass is 10.2. The minimum atomic E-state index is -1.07. The summed E-state index contributed by atoms with van der Waals surface area (Å²) in [6.45, 7) is 1.79. The van der Waals surface area contributed by atoms with Crippen LogP contribution in [0, 0.1) is 6.92 Å². The van der Waals surface area contributed by atoms with Crippen LogP contribution in [0.4, 0.5) is 10.5 Å². The van der Waals surface area contributed by atoms with Gasteiger partial charge in [0.2, 0.25) is 0 Å². The minimum absolute atomic E-state index is 0.562. The molecule has 0 fully saturated rings. The first-order valence-corrected chi connectivity index (χ1v) is 3.73. The van der Waals surface area contributed by atoms with Crippen molar-refractivity contribution in [1.29, 1.82) is 0 Å². The minimum Gasteiger partial charge on any atom is -0.465 e. The number of nitrogens with one attached hydrogen (secondary N) is 1. The molecule has 64 valence electrons. The van der Waals surface area contributed by atoms with Crippen molar-refractivity contribution in [2.45, 2.75) is 6.92 Å². The summed E-state index contributed by atoms with van der Waals surface area (Å²) in [6.07, 6.45) is -1.07. The average molecular weight is 186 g/mol. The van der Waals surface area contributed by atoms with Crippen molar-refractivity contribution in [2.75, 3.05) is 5.32 Å². The largest absolute Gasteiger partial charge is 0.465 e. The Kier molecular flexibility index (Phi) is 2.55. The maximum absolute atomic E-state index is 10.3. The molecular weight excluding hydrogens is 178 g/mol. The summed E-state index contributed by atoms with van der Waals surface area (Å²) >= 11 is 5.68. The van der Waals surface area contributed by atoms with E-state index in [0.717, 1.165) is 5.56 Å². The summed E-state index contributed by atoms with van der Waals surface area (Å²) < 4.78 is 0. The fourth-order valence-corrected chi connectivity index (χ4v) is 1.11. The molecule has 1 amide bonds. The number of anilines is 1. The van der Waals surface area contributed by atoms with Crippen molar-refractivity contribution in [2.24, 2.45) is 0 Å². The molecule has 0 saturated heterocycles. The first-order chi connectivity index (χ1) is 5.59. The molecule has 1 aromatic rings. The van der Waals surface area contributed by atoms with Gasteiger partial charge in [-0.2, -0.15) is 0 Å². The number of carboxylic acid groups (broad SMARTS) is 1. The third-order valence-corrected chi connectivity index (χ3v) is 1.67. The van der Waals surface area contributed by atoms with Crippen molar-refractivity contribution < 1.29 is 9.90 Å². The van der Waals surface area contributed by atoms with E-state index in [2.05, 4.69) is 5.32 Å². The van der Waals surface area contributed by atoms with Gasteiger partial charge in [0, 0.05) is 10.7 Å². The maximum atomic E-state index is 10.3. The number of amides is 1. The van der Waals surface area contributed by atoms with Crippen LogP contribution in [0.25, 0.3) is 0 Å². The predicted molar refractivity (Wildman–Crippen MR) is 47.8 cm³/mol. The topological polar surface area (TPSA) is 49.3 Å². The van der Waals surface area contributed by atoms with Crippen LogP contribution in [0.5, 0.6) is 0 Å². The van der Waals surface area contributed by atoms with Gasteiger partial charge < -0.3 is 5.11 Å². The number of hydrogen-bond acceptors (Lipinski definition) is 1. The van der Waals surface area contributed by atoms with E-state index in [1.165, 1.54) is 0 Å². The Morgan fingerprint density at radius 2 is 2.25 bits per heavy atom. The molecule has 0 saturated carbocycles. The average Bonchev–Trinajstić information content (AvgIpc) is 1.94. The van der Waals surface area contributed by atoms with Crippen LogP contribution in [0.1, 0.15) is 5.56 Å². The van der Waals surface area contributed by atoms with E-state index in [9.17, 15) is 4.79 Å². The first-order valence-electron chi connectivity index (χ1n) is 3.35. The molecule has 1 rings (SSSR count). The van der Waals surface area contributed by atoms with Crippen LogP contribution in [-0.2, 0) is 0 Å². The first kappa shape index (κ1) is 8.87. The van der Waals surface area contributed by atoms with E-state index in [0.29, 0.717) is 10.7 Å². The van der Waals surface area contributed by atoms with E-state index in [4.69, 9.17) is 16.7 Å². The molecule has 0 unspecified atom stereocenters. The molecule has 4 heteroatoms. The Morgan fingerprint density at radius 3 is 2.75 bits per heavy atom. The molecule has 0 aliphatic rings.